The summed E-state index contributed by atoms with van der Waals surface area (Å²) >= 11 is 1.20. The minimum absolute atomic E-state index is 0.273. The molecule has 8 heteroatoms. The molecule has 0 fully saturated rings. The monoisotopic (exact) mass is 318 g/mol. The number of hydrogen-bond donors (Lipinski definition) is 3. The Morgan fingerprint density at radius 1 is 1.45 bits per heavy atom. The molecule has 114 valence electrons. The van der Waals surface area contributed by atoms with Crippen molar-refractivity contribution in [2.24, 2.45) is 4.99 Å². The fourth-order valence-electron chi connectivity index (χ4n) is 1.43. The number of rotatable bonds is 7. The van der Waals surface area contributed by atoms with Crippen LogP contribution >= 0.6 is 11.3 Å². The molecule has 0 aliphatic carbocycles. The maximum atomic E-state index is 11.9. The summed E-state index contributed by atoms with van der Waals surface area (Å²) < 4.78 is 26.6. The van der Waals surface area contributed by atoms with Crippen molar-refractivity contribution in [3.05, 3.63) is 17.5 Å². The van der Waals surface area contributed by atoms with Crippen LogP contribution in [0.5, 0.6) is 0 Å². The molecule has 0 aliphatic rings. The average Bonchev–Trinajstić information content (AvgIpc) is 2.88. The zero-order valence-electron chi connectivity index (χ0n) is 12.0. The van der Waals surface area contributed by atoms with Crippen LogP contribution in [0.1, 0.15) is 20.8 Å². The zero-order valence-corrected chi connectivity index (χ0v) is 13.6. The normalized spacial score (nSPS) is 12.7. The zero-order chi connectivity index (χ0) is 15.0. The van der Waals surface area contributed by atoms with Gasteiger partial charge in [-0.2, -0.15) is 0 Å². The van der Waals surface area contributed by atoms with E-state index < -0.39 is 10.0 Å². The lowest BCUT2D eigenvalue weighted by molar-refractivity contribution is 0.584. The molecule has 0 aromatic carbocycles. The molecule has 1 aromatic rings. The van der Waals surface area contributed by atoms with Gasteiger partial charge in [-0.05, 0) is 32.2 Å². The Balaban J connectivity index is 2.46. The van der Waals surface area contributed by atoms with Gasteiger partial charge < -0.3 is 10.6 Å². The summed E-state index contributed by atoms with van der Waals surface area (Å²) in [6.45, 7) is 7.44. The lowest BCUT2D eigenvalue weighted by atomic mass is 10.4. The van der Waals surface area contributed by atoms with Crippen molar-refractivity contribution in [1.82, 2.24) is 15.4 Å². The third kappa shape index (κ3) is 5.89. The molecule has 0 radical (unpaired) electrons. The molecule has 1 heterocycles. The van der Waals surface area contributed by atoms with Crippen LogP contribution in [0.3, 0.4) is 0 Å². The molecule has 0 saturated heterocycles. The topological polar surface area (TPSA) is 82.6 Å². The van der Waals surface area contributed by atoms with Gasteiger partial charge in [0.15, 0.2) is 5.96 Å². The van der Waals surface area contributed by atoms with E-state index in [0.717, 1.165) is 6.54 Å². The smallest absolute Gasteiger partial charge is 0.250 e. The SMILES string of the molecule is CCNC(=NCCNS(=O)(=O)c1cccs1)NC(C)C. The Morgan fingerprint density at radius 3 is 2.75 bits per heavy atom. The van der Waals surface area contributed by atoms with Crippen molar-refractivity contribution < 1.29 is 8.42 Å². The quantitative estimate of drug-likeness (QED) is 0.398. The fraction of sp³-hybridized carbons (Fsp3) is 0.583. The van der Waals surface area contributed by atoms with Crippen LogP contribution in [0.15, 0.2) is 26.7 Å². The van der Waals surface area contributed by atoms with E-state index in [0.29, 0.717) is 16.7 Å². The van der Waals surface area contributed by atoms with Gasteiger partial charge in [0, 0.05) is 19.1 Å². The molecule has 0 atom stereocenters. The summed E-state index contributed by atoms with van der Waals surface area (Å²) in [7, 11) is -3.39. The number of sulfonamides is 1. The van der Waals surface area contributed by atoms with Crippen molar-refractivity contribution in [2.75, 3.05) is 19.6 Å². The Kier molecular flexibility index (Phi) is 6.97. The highest BCUT2D eigenvalue weighted by molar-refractivity contribution is 7.91. The van der Waals surface area contributed by atoms with Crippen LogP contribution in [0.25, 0.3) is 0 Å². The molecule has 3 N–H and O–H groups in total. The van der Waals surface area contributed by atoms with Crippen molar-refractivity contribution in [3.63, 3.8) is 0 Å². The first-order valence-electron chi connectivity index (χ1n) is 6.53. The molecular weight excluding hydrogens is 296 g/mol. The molecule has 0 saturated carbocycles. The third-order valence-electron chi connectivity index (χ3n) is 2.20. The molecule has 0 spiro atoms. The van der Waals surface area contributed by atoms with E-state index in [2.05, 4.69) is 20.3 Å². The van der Waals surface area contributed by atoms with Gasteiger partial charge in [-0.25, -0.2) is 13.1 Å². The third-order valence-corrected chi connectivity index (χ3v) is 5.06. The maximum absolute atomic E-state index is 11.9. The second kappa shape index (κ2) is 8.23. The van der Waals surface area contributed by atoms with Crippen LogP contribution in [-0.2, 0) is 10.0 Å². The molecule has 6 nitrogen and oxygen atoms in total. The van der Waals surface area contributed by atoms with Crippen molar-refractivity contribution in [3.8, 4) is 0 Å². The summed E-state index contributed by atoms with van der Waals surface area (Å²) in [5, 5.41) is 8.01. The molecule has 1 rings (SSSR count). The van der Waals surface area contributed by atoms with Gasteiger partial charge in [-0.3, -0.25) is 4.99 Å². The first-order chi connectivity index (χ1) is 9.45. The van der Waals surface area contributed by atoms with Gasteiger partial charge in [-0.1, -0.05) is 6.07 Å². The second-order valence-electron chi connectivity index (χ2n) is 4.39. The number of hydrogen-bond acceptors (Lipinski definition) is 4. The van der Waals surface area contributed by atoms with Gasteiger partial charge >= 0.3 is 0 Å². The van der Waals surface area contributed by atoms with E-state index in [1.807, 2.05) is 20.8 Å². The number of thiophene rings is 1. The number of nitrogens with zero attached hydrogens (tertiary/aromatic N) is 1. The standard InChI is InChI=1S/C12H22N4O2S2/c1-4-13-12(16-10(2)3)14-7-8-15-20(17,18)11-6-5-9-19-11/h5-6,9-10,15H,4,7-8H2,1-3H3,(H2,13,14,16). The molecule has 0 bridgehead atoms. The number of nitrogens with one attached hydrogen (secondary N) is 3. The van der Waals surface area contributed by atoms with Crippen LogP contribution in [0.2, 0.25) is 0 Å². The fourth-order valence-corrected chi connectivity index (χ4v) is 3.49. The molecule has 0 aliphatic heterocycles. The summed E-state index contributed by atoms with van der Waals surface area (Å²) in [6, 6.07) is 3.57. The Bertz CT molecular complexity index is 510. The van der Waals surface area contributed by atoms with Crippen molar-refractivity contribution in [1.29, 1.82) is 0 Å². The molecule has 0 amide bonds. The highest BCUT2D eigenvalue weighted by Gasteiger charge is 2.13. The van der Waals surface area contributed by atoms with E-state index in [4.69, 9.17) is 0 Å². The van der Waals surface area contributed by atoms with Gasteiger partial charge in [-0.15, -0.1) is 11.3 Å². The summed E-state index contributed by atoms with van der Waals surface area (Å²) in [6.07, 6.45) is 0. The van der Waals surface area contributed by atoms with Gasteiger partial charge in [0.25, 0.3) is 0 Å². The second-order valence-corrected chi connectivity index (χ2v) is 7.33. The van der Waals surface area contributed by atoms with Crippen molar-refractivity contribution in [2.45, 2.75) is 31.0 Å². The first kappa shape index (κ1) is 16.9. The van der Waals surface area contributed by atoms with E-state index >= 15 is 0 Å². The van der Waals surface area contributed by atoms with Crippen molar-refractivity contribution >= 4 is 27.3 Å². The molecule has 1 aromatic heterocycles. The van der Waals surface area contributed by atoms with Crippen LogP contribution in [0, 0.1) is 0 Å². The Morgan fingerprint density at radius 2 is 2.20 bits per heavy atom. The number of aliphatic imine (C=N–C) groups is 1. The lowest BCUT2D eigenvalue weighted by Crippen LogP contribution is -2.41. The summed E-state index contributed by atoms with van der Waals surface area (Å²) in [5.74, 6) is 0.692. The van der Waals surface area contributed by atoms with E-state index in [9.17, 15) is 8.42 Å². The predicted molar refractivity (Wildman–Crippen MR) is 83.8 cm³/mol. The minimum Gasteiger partial charge on any atom is -0.357 e. The molecule has 0 unspecified atom stereocenters. The average molecular weight is 318 g/mol. The van der Waals surface area contributed by atoms with Gasteiger partial charge in [0.05, 0.1) is 6.54 Å². The van der Waals surface area contributed by atoms with E-state index in [1.54, 1.807) is 17.5 Å². The molecule has 20 heavy (non-hydrogen) atoms. The Labute approximate surface area is 124 Å². The summed E-state index contributed by atoms with van der Waals surface area (Å²) in [5.41, 5.74) is 0. The van der Waals surface area contributed by atoms with Crippen LogP contribution in [0.4, 0.5) is 0 Å². The lowest BCUT2D eigenvalue weighted by Gasteiger charge is -2.13. The summed E-state index contributed by atoms with van der Waals surface area (Å²) in [4.78, 5) is 4.31. The van der Waals surface area contributed by atoms with E-state index in [1.165, 1.54) is 11.3 Å². The predicted octanol–water partition coefficient (Wildman–Crippen LogP) is 0.990. The van der Waals surface area contributed by atoms with Crippen LogP contribution in [-0.4, -0.2) is 40.1 Å². The number of guanidine groups is 1. The Hall–Kier alpha value is -1.12. The first-order valence-corrected chi connectivity index (χ1v) is 8.90. The van der Waals surface area contributed by atoms with Crippen LogP contribution < -0.4 is 15.4 Å². The van der Waals surface area contributed by atoms with E-state index in [-0.39, 0.29) is 12.6 Å². The van der Waals surface area contributed by atoms with Gasteiger partial charge in [0.1, 0.15) is 4.21 Å². The molecular formula is C12H22N4O2S2. The highest BCUT2D eigenvalue weighted by atomic mass is 32.2. The largest absolute Gasteiger partial charge is 0.357 e. The highest BCUT2D eigenvalue weighted by Crippen LogP contribution is 2.14. The maximum Gasteiger partial charge on any atom is 0.250 e. The minimum atomic E-state index is -3.39. The van der Waals surface area contributed by atoms with Gasteiger partial charge in [0.2, 0.25) is 10.0 Å².